The molecule has 342 valence electrons. The molecule has 0 bridgehead atoms. The van der Waals surface area contributed by atoms with Crippen LogP contribution in [0.5, 0.6) is 0 Å². The Morgan fingerprint density at radius 3 is 1.24 bits per heavy atom. The minimum Gasteiger partial charge on any atom is -0.466 e. The second kappa shape index (κ2) is 48.0. The summed E-state index contributed by atoms with van der Waals surface area (Å²) < 4.78 is 5.45. The maximum Gasteiger partial charge on any atom is 0.305 e. The summed E-state index contributed by atoms with van der Waals surface area (Å²) in [5, 5.41) is 23.1. The van der Waals surface area contributed by atoms with Crippen molar-refractivity contribution in [1.82, 2.24) is 5.32 Å². The molecule has 0 saturated heterocycles. The fourth-order valence-electron chi connectivity index (χ4n) is 7.74. The van der Waals surface area contributed by atoms with E-state index >= 15 is 0 Å². The Hall–Kier alpha value is -1.66. The molecule has 3 N–H and O–H groups in total. The van der Waals surface area contributed by atoms with Crippen molar-refractivity contribution < 1.29 is 24.5 Å². The van der Waals surface area contributed by atoms with Crippen LogP contribution in [0.3, 0.4) is 0 Å². The summed E-state index contributed by atoms with van der Waals surface area (Å²) >= 11 is 0. The fraction of sp³-hybridized carbons (Fsp3) is 0.885. The number of allylic oxidation sites excluding steroid dienone is 4. The number of carbonyl (C=O) groups excluding carboxylic acids is 2. The molecule has 0 fully saturated rings. The van der Waals surface area contributed by atoms with Gasteiger partial charge in [0.15, 0.2) is 0 Å². The van der Waals surface area contributed by atoms with Crippen LogP contribution in [0.1, 0.15) is 271 Å². The number of esters is 1. The van der Waals surface area contributed by atoms with E-state index in [2.05, 4.69) is 43.5 Å². The van der Waals surface area contributed by atoms with Crippen molar-refractivity contribution in [1.29, 1.82) is 0 Å². The van der Waals surface area contributed by atoms with Gasteiger partial charge in [0.1, 0.15) is 0 Å². The molecule has 0 spiro atoms. The lowest BCUT2D eigenvalue weighted by atomic mass is 10.0. The Morgan fingerprint density at radius 2 is 0.810 bits per heavy atom. The second-order valence-corrected chi connectivity index (χ2v) is 17.5. The number of amides is 1. The van der Waals surface area contributed by atoms with Crippen LogP contribution in [0.25, 0.3) is 0 Å². The minimum absolute atomic E-state index is 0.0125. The third-order valence-corrected chi connectivity index (χ3v) is 11.7. The lowest BCUT2D eigenvalue weighted by Crippen LogP contribution is -2.45. The van der Waals surface area contributed by atoms with Crippen molar-refractivity contribution in [3.63, 3.8) is 0 Å². The monoisotopic (exact) mass is 818 g/mol. The molecule has 0 heterocycles. The topological polar surface area (TPSA) is 95.9 Å². The third kappa shape index (κ3) is 43.9. The molecule has 0 aliphatic heterocycles. The van der Waals surface area contributed by atoms with Gasteiger partial charge in [0, 0.05) is 12.8 Å². The molecule has 58 heavy (non-hydrogen) atoms. The van der Waals surface area contributed by atoms with E-state index in [0.29, 0.717) is 25.9 Å². The summed E-state index contributed by atoms with van der Waals surface area (Å²) in [5.74, 6) is -0.0657. The maximum atomic E-state index is 12.4. The molecule has 1 amide bonds. The number of hydrogen-bond acceptors (Lipinski definition) is 5. The molecule has 0 aromatic heterocycles. The van der Waals surface area contributed by atoms with Crippen molar-refractivity contribution in [3.8, 4) is 0 Å². The first-order valence-corrected chi connectivity index (χ1v) is 25.6. The predicted octanol–water partition coefficient (Wildman–Crippen LogP) is 15.1. The Balaban J connectivity index is 3.47. The summed E-state index contributed by atoms with van der Waals surface area (Å²) in [6.45, 7) is 4.90. The fourth-order valence-corrected chi connectivity index (χ4v) is 7.74. The Labute approximate surface area is 361 Å². The molecule has 0 aliphatic carbocycles. The average molecular weight is 818 g/mol. The van der Waals surface area contributed by atoms with Crippen LogP contribution >= 0.6 is 0 Å². The number of aliphatic hydroxyl groups excluding tert-OH is 2. The molecule has 0 aliphatic rings. The average Bonchev–Trinajstić information content (AvgIpc) is 3.22. The van der Waals surface area contributed by atoms with Gasteiger partial charge >= 0.3 is 5.97 Å². The molecule has 0 aromatic carbocycles. The van der Waals surface area contributed by atoms with Gasteiger partial charge in [-0.3, -0.25) is 9.59 Å². The highest BCUT2D eigenvalue weighted by Gasteiger charge is 2.20. The SMILES string of the molecule is CCCCCC/C=C\CCCCCCCC(=O)OCCCCCCCCC/C=C\CCCCCCCC(=O)NC(CO)C(O)CCCCCCCCCCCCCC. The largest absolute Gasteiger partial charge is 0.466 e. The van der Waals surface area contributed by atoms with Gasteiger partial charge in [-0.15, -0.1) is 0 Å². The van der Waals surface area contributed by atoms with Gasteiger partial charge < -0.3 is 20.3 Å². The first kappa shape index (κ1) is 56.3. The molecule has 6 nitrogen and oxygen atoms in total. The van der Waals surface area contributed by atoms with Crippen molar-refractivity contribution >= 4 is 11.9 Å². The maximum absolute atomic E-state index is 12.4. The molecule has 6 heteroatoms. The zero-order valence-electron chi connectivity index (χ0n) is 38.8. The van der Waals surface area contributed by atoms with E-state index < -0.39 is 12.1 Å². The highest BCUT2D eigenvalue weighted by molar-refractivity contribution is 5.76. The Kier molecular flexibility index (Phi) is 46.6. The van der Waals surface area contributed by atoms with Crippen molar-refractivity contribution in [2.24, 2.45) is 0 Å². The summed E-state index contributed by atoms with van der Waals surface area (Å²) in [4.78, 5) is 24.4. The smallest absolute Gasteiger partial charge is 0.305 e. The van der Waals surface area contributed by atoms with E-state index in [-0.39, 0.29) is 18.5 Å². The van der Waals surface area contributed by atoms with E-state index in [0.717, 1.165) is 64.2 Å². The van der Waals surface area contributed by atoms with E-state index in [4.69, 9.17) is 4.74 Å². The van der Waals surface area contributed by atoms with Crippen LogP contribution < -0.4 is 5.32 Å². The van der Waals surface area contributed by atoms with Gasteiger partial charge in [-0.2, -0.15) is 0 Å². The number of nitrogens with one attached hydrogen (secondary N) is 1. The summed E-state index contributed by atoms with van der Waals surface area (Å²) in [5.41, 5.74) is 0. The summed E-state index contributed by atoms with van der Waals surface area (Å²) in [6.07, 6.45) is 55.7. The summed E-state index contributed by atoms with van der Waals surface area (Å²) in [6, 6.07) is -0.552. The number of rotatable bonds is 47. The number of hydrogen-bond donors (Lipinski definition) is 3. The molecule has 2 unspecified atom stereocenters. The Bertz CT molecular complexity index is 904. The van der Waals surface area contributed by atoms with Crippen LogP contribution in [0.15, 0.2) is 24.3 Å². The molecular weight excluding hydrogens is 719 g/mol. The molecule has 0 radical (unpaired) electrons. The van der Waals surface area contributed by atoms with E-state index in [1.54, 1.807) is 0 Å². The molecule has 0 rings (SSSR count). The number of aliphatic hydroxyl groups is 2. The van der Waals surface area contributed by atoms with Gasteiger partial charge in [-0.05, 0) is 77.0 Å². The van der Waals surface area contributed by atoms with Crippen molar-refractivity contribution in [3.05, 3.63) is 24.3 Å². The van der Waals surface area contributed by atoms with Crippen LogP contribution in [-0.2, 0) is 14.3 Å². The summed E-state index contributed by atoms with van der Waals surface area (Å²) in [7, 11) is 0. The van der Waals surface area contributed by atoms with Crippen LogP contribution in [0, 0.1) is 0 Å². The van der Waals surface area contributed by atoms with Gasteiger partial charge in [-0.25, -0.2) is 0 Å². The van der Waals surface area contributed by atoms with E-state index in [1.165, 1.54) is 173 Å². The number of carbonyl (C=O) groups is 2. The van der Waals surface area contributed by atoms with E-state index in [9.17, 15) is 19.8 Å². The van der Waals surface area contributed by atoms with Gasteiger partial charge in [0.05, 0.1) is 25.4 Å². The van der Waals surface area contributed by atoms with Crippen molar-refractivity contribution in [2.75, 3.05) is 13.2 Å². The zero-order chi connectivity index (χ0) is 42.3. The van der Waals surface area contributed by atoms with Gasteiger partial charge in [0.25, 0.3) is 0 Å². The lowest BCUT2D eigenvalue weighted by Gasteiger charge is -2.22. The zero-order valence-corrected chi connectivity index (χ0v) is 38.8. The molecular formula is C52H99NO5. The van der Waals surface area contributed by atoms with E-state index in [1.807, 2.05) is 0 Å². The first-order chi connectivity index (χ1) is 28.5. The standard InChI is InChI=1S/C52H99NO5/c1-3-5-7-9-11-13-15-21-26-30-34-38-42-46-52(57)58-47-43-39-35-31-27-23-20-18-17-19-22-25-29-33-37-41-45-51(56)53-49(48-54)50(55)44-40-36-32-28-24-16-14-12-10-8-6-4-2/h13,15,17,19,49-50,54-55H,3-12,14,16,18,20-48H2,1-2H3,(H,53,56)/b15-13-,19-17-. The third-order valence-electron chi connectivity index (χ3n) is 11.7. The highest BCUT2D eigenvalue weighted by atomic mass is 16.5. The van der Waals surface area contributed by atoms with Crippen LogP contribution in [0.2, 0.25) is 0 Å². The quantitative estimate of drug-likeness (QED) is 0.0323. The molecule has 2 atom stereocenters. The van der Waals surface area contributed by atoms with Crippen LogP contribution in [0.4, 0.5) is 0 Å². The van der Waals surface area contributed by atoms with Gasteiger partial charge in [-0.1, -0.05) is 205 Å². The van der Waals surface area contributed by atoms with Crippen molar-refractivity contribution in [2.45, 2.75) is 283 Å². The molecule has 0 aromatic rings. The van der Waals surface area contributed by atoms with Crippen LogP contribution in [-0.4, -0.2) is 47.4 Å². The predicted molar refractivity (Wildman–Crippen MR) is 250 cm³/mol. The lowest BCUT2D eigenvalue weighted by molar-refractivity contribution is -0.143. The number of unbranched alkanes of at least 4 members (excludes halogenated alkanes) is 32. The molecule has 0 saturated carbocycles. The second-order valence-electron chi connectivity index (χ2n) is 17.5. The van der Waals surface area contributed by atoms with Gasteiger partial charge in [0.2, 0.25) is 5.91 Å². The minimum atomic E-state index is -0.673. The highest BCUT2D eigenvalue weighted by Crippen LogP contribution is 2.16. The Morgan fingerprint density at radius 1 is 0.466 bits per heavy atom. The normalized spacial score (nSPS) is 12.8. The first-order valence-electron chi connectivity index (χ1n) is 25.6. The number of ether oxygens (including phenoxy) is 1.